The van der Waals surface area contributed by atoms with Gasteiger partial charge >= 0.3 is 0 Å². The number of benzene rings is 1. The lowest BCUT2D eigenvalue weighted by atomic mass is 10.0. The topological polar surface area (TPSA) is 12.5 Å². The molecule has 1 rings (SSSR count). The predicted molar refractivity (Wildman–Crippen MR) is 68.9 cm³/mol. The fraction of sp³-hybridized carbons (Fsp3) is 0.571. The van der Waals surface area contributed by atoms with E-state index < -0.39 is 0 Å². The summed E-state index contributed by atoms with van der Waals surface area (Å²) >= 11 is 0. The molecule has 0 bridgehead atoms. The third-order valence-electron chi connectivity index (χ3n) is 2.48. The van der Waals surface area contributed by atoms with Gasteiger partial charge in [0.2, 0.25) is 0 Å². The summed E-state index contributed by atoms with van der Waals surface area (Å²) < 4.78 is 5.44. The Morgan fingerprint density at radius 2 is 1.94 bits per heavy atom. The van der Waals surface area contributed by atoms with Gasteiger partial charge in [0.1, 0.15) is 5.75 Å². The molecular formula is C14H23NO. The van der Waals surface area contributed by atoms with Crippen LogP contribution in [-0.4, -0.2) is 26.1 Å². The summed E-state index contributed by atoms with van der Waals surface area (Å²) in [4.78, 5) is 2.15. The molecule has 0 spiro atoms. The molecular weight excluding hydrogens is 198 g/mol. The van der Waals surface area contributed by atoms with Gasteiger partial charge in [-0.25, -0.2) is 0 Å². The number of ether oxygens (including phenoxy) is 1. The second-order valence-electron chi connectivity index (χ2n) is 4.98. The Morgan fingerprint density at radius 1 is 1.25 bits per heavy atom. The monoisotopic (exact) mass is 221 g/mol. The summed E-state index contributed by atoms with van der Waals surface area (Å²) in [5.74, 6) is 1.69. The molecule has 0 N–H and O–H groups in total. The Morgan fingerprint density at radius 3 is 2.44 bits per heavy atom. The average Bonchev–Trinajstić information content (AvgIpc) is 2.18. The van der Waals surface area contributed by atoms with Crippen LogP contribution in [0.5, 0.6) is 5.75 Å². The molecule has 0 saturated carbocycles. The zero-order valence-electron chi connectivity index (χ0n) is 11.1. The van der Waals surface area contributed by atoms with E-state index in [0.29, 0.717) is 5.92 Å². The lowest BCUT2D eigenvalue weighted by Crippen LogP contribution is -2.11. The summed E-state index contributed by atoms with van der Waals surface area (Å²) in [7, 11) is 5.89. The van der Waals surface area contributed by atoms with Crippen LogP contribution in [-0.2, 0) is 13.0 Å². The molecule has 90 valence electrons. The fourth-order valence-corrected chi connectivity index (χ4v) is 1.86. The van der Waals surface area contributed by atoms with Crippen molar-refractivity contribution < 1.29 is 4.74 Å². The zero-order valence-corrected chi connectivity index (χ0v) is 11.1. The molecule has 0 aliphatic rings. The van der Waals surface area contributed by atoms with Crippen LogP contribution in [0.3, 0.4) is 0 Å². The summed E-state index contributed by atoms with van der Waals surface area (Å²) in [5.41, 5.74) is 2.61. The minimum Gasteiger partial charge on any atom is -0.496 e. The zero-order chi connectivity index (χ0) is 12.1. The minimum atomic E-state index is 0.685. The van der Waals surface area contributed by atoms with Crippen molar-refractivity contribution in [3.63, 3.8) is 0 Å². The van der Waals surface area contributed by atoms with E-state index in [1.54, 1.807) is 7.11 Å². The Kier molecular flexibility index (Phi) is 4.81. The first-order valence-corrected chi connectivity index (χ1v) is 5.83. The molecule has 0 saturated heterocycles. The van der Waals surface area contributed by atoms with E-state index in [1.807, 2.05) is 0 Å². The molecule has 0 aliphatic heterocycles. The highest BCUT2D eigenvalue weighted by atomic mass is 16.5. The molecule has 0 amide bonds. The van der Waals surface area contributed by atoms with Gasteiger partial charge in [0.25, 0.3) is 0 Å². The maximum absolute atomic E-state index is 5.44. The van der Waals surface area contributed by atoms with E-state index in [2.05, 4.69) is 51.0 Å². The van der Waals surface area contributed by atoms with Crippen LogP contribution in [0, 0.1) is 5.92 Å². The van der Waals surface area contributed by atoms with Gasteiger partial charge in [-0.05, 0) is 38.1 Å². The Hall–Kier alpha value is -1.02. The third-order valence-corrected chi connectivity index (χ3v) is 2.48. The molecule has 1 aromatic carbocycles. The largest absolute Gasteiger partial charge is 0.496 e. The second kappa shape index (κ2) is 5.90. The number of hydrogen-bond acceptors (Lipinski definition) is 2. The summed E-state index contributed by atoms with van der Waals surface area (Å²) in [6.45, 7) is 5.39. The molecule has 1 aromatic rings. The fourth-order valence-electron chi connectivity index (χ4n) is 1.86. The van der Waals surface area contributed by atoms with Gasteiger partial charge < -0.3 is 9.64 Å². The van der Waals surface area contributed by atoms with Crippen LogP contribution in [0.4, 0.5) is 0 Å². The molecule has 0 aliphatic carbocycles. The van der Waals surface area contributed by atoms with Crippen LogP contribution in [0.15, 0.2) is 18.2 Å². The van der Waals surface area contributed by atoms with Gasteiger partial charge in [-0.3, -0.25) is 0 Å². The SMILES string of the molecule is COc1cc(CC(C)C)ccc1CN(C)C. The van der Waals surface area contributed by atoms with E-state index in [4.69, 9.17) is 4.74 Å². The first kappa shape index (κ1) is 13.0. The molecule has 16 heavy (non-hydrogen) atoms. The van der Waals surface area contributed by atoms with E-state index >= 15 is 0 Å². The Bertz CT molecular complexity index is 332. The molecule has 0 heterocycles. The van der Waals surface area contributed by atoms with Gasteiger partial charge in [0.05, 0.1) is 7.11 Å². The lowest BCUT2D eigenvalue weighted by Gasteiger charge is -2.15. The van der Waals surface area contributed by atoms with Crippen LogP contribution in [0.25, 0.3) is 0 Å². The number of rotatable bonds is 5. The highest BCUT2D eigenvalue weighted by Gasteiger charge is 2.06. The summed E-state index contributed by atoms with van der Waals surface area (Å²) in [6.07, 6.45) is 1.11. The van der Waals surface area contributed by atoms with Crippen molar-refractivity contribution in [3.8, 4) is 5.75 Å². The molecule has 0 radical (unpaired) electrons. The lowest BCUT2D eigenvalue weighted by molar-refractivity contribution is 0.371. The van der Waals surface area contributed by atoms with E-state index in [1.165, 1.54) is 11.1 Å². The summed E-state index contributed by atoms with van der Waals surface area (Å²) in [6, 6.07) is 6.55. The average molecular weight is 221 g/mol. The van der Waals surface area contributed by atoms with Gasteiger partial charge in [-0.15, -0.1) is 0 Å². The third kappa shape index (κ3) is 3.86. The molecule has 2 heteroatoms. The molecule has 2 nitrogen and oxygen atoms in total. The number of nitrogens with zero attached hydrogens (tertiary/aromatic N) is 1. The highest BCUT2D eigenvalue weighted by molar-refractivity contribution is 5.37. The number of methoxy groups -OCH3 is 1. The first-order valence-electron chi connectivity index (χ1n) is 5.83. The van der Waals surface area contributed by atoms with Crippen molar-refractivity contribution in [2.45, 2.75) is 26.8 Å². The smallest absolute Gasteiger partial charge is 0.123 e. The standard InChI is InChI=1S/C14H23NO/c1-11(2)8-12-6-7-13(10-15(3)4)14(9-12)16-5/h6-7,9,11H,8,10H2,1-5H3. The van der Waals surface area contributed by atoms with Crippen LogP contribution in [0.2, 0.25) is 0 Å². The quantitative estimate of drug-likeness (QED) is 0.758. The normalized spacial score (nSPS) is 11.2. The van der Waals surface area contributed by atoms with Crippen LogP contribution in [0.1, 0.15) is 25.0 Å². The minimum absolute atomic E-state index is 0.685. The van der Waals surface area contributed by atoms with Crippen molar-refractivity contribution >= 4 is 0 Å². The maximum Gasteiger partial charge on any atom is 0.123 e. The number of hydrogen-bond donors (Lipinski definition) is 0. The molecule has 0 atom stereocenters. The van der Waals surface area contributed by atoms with Crippen molar-refractivity contribution in [3.05, 3.63) is 29.3 Å². The Balaban J connectivity index is 2.88. The Labute approximate surface area is 99.2 Å². The van der Waals surface area contributed by atoms with Crippen molar-refractivity contribution in [1.82, 2.24) is 4.90 Å². The van der Waals surface area contributed by atoms with Crippen molar-refractivity contribution in [2.75, 3.05) is 21.2 Å². The highest BCUT2D eigenvalue weighted by Crippen LogP contribution is 2.22. The molecule has 0 aromatic heterocycles. The van der Waals surface area contributed by atoms with E-state index in [9.17, 15) is 0 Å². The van der Waals surface area contributed by atoms with Gasteiger partial charge in [0.15, 0.2) is 0 Å². The first-order chi connectivity index (χ1) is 7.52. The second-order valence-corrected chi connectivity index (χ2v) is 4.98. The van der Waals surface area contributed by atoms with E-state index in [0.717, 1.165) is 18.7 Å². The van der Waals surface area contributed by atoms with Gasteiger partial charge in [-0.1, -0.05) is 26.0 Å². The van der Waals surface area contributed by atoms with Crippen molar-refractivity contribution in [1.29, 1.82) is 0 Å². The molecule has 0 unspecified atom stereocenters. The predicted octanol–water partition coefficient (Wildman–Crippen LogP) is 2.96. The molecule has 0 fully saturated rings. The van der Waals surface area contributed by atoms with E-state index in [-0.39, 0.29) is 0 Å². The van der Waals surface area contributed by atoms with Crippen LogP contribution < -0.4 is 4.74 Å². The van der Waals surface area contributed by atoms with Gasteiger partial charge in [-0.2, -0.15) is 0 Å². The maximum atomic E-state index is 5.44. The van der Waals surface area contributed by atoms with Gasteiger partial charge in [0, 0.05) is 12.1 Å². The van der Waals surface area contributed by atoms with Crippen LogP contribution >= 0.6 is 0 Å². The van der Waals surface area contributed by atoms with Crippen molar-refractivity contribution in [2.24, 2.45) is 5.92 Å². The summed E-state index contributed by atoms with van der Waals surface area (Å²) in [5, 5.41) is 0.